The quantitative estimate of drug-likeness (QED) is 0.216. The van der Waals surface area contributed by atoms with Gasteiger partial charge in [-0.05, 0) is 66.7 Å². The molecule has 0 saturated heterocycles. The van der Waals surface area contributed by atoms with Gasteiger partial charge in [0.05, 0.1) is 51.0 Å². The third-order valence-corrected chi connectivity index (χ3v) is 8.55. The molecule has 9 rings (SSSR count). The molecular formula is C38H20N4O. The molecule has 0 aliphatic heterocycles. The van der Waals surface area contributed by atoms with E-state index in [-0.39, 0.29) is 0 Å². The molecule has 0 atom stereocenters. The predicted octanol–water partition coefficient (Wildman–Crippen LogP) is 9.52. The zero-order valence-electron chi connectivity index (χ0n) is 22.7. The summed E-state index contributed by atoms with van der Waals surface area (Å²) < 4.78 is 11.1. The molecule has 5 heteroatoms. The fourth-order valence-electron chi connectivity index (χ4n) is 6.71. The van der Waals surface area contributed by atoms with Crippen molar-refractivity contribution in [2.75, 3.05) is 0 Å². The Balaban J connectivity index is 1.49. The summed E-state index contributed by atoms with van der Waals surface area (Å²) >= 11 is 0. The first-order valence-corrected chi connectivity index (χ1v) is 14.1. The van der Waals surface area contributed by atoms with E-state index >= 15 is 0 Å². The maximum Gasteiger partial charge on any atom is 0.159 e. The fraction of sp³-hybridized carbons (Fsp3) is 0. The normalized spacial score (nSPS) is 11.7. The van der Waals surface area contributed by atoms with Gasteiger partial charge in [0.15, 0.2) is 5.58 Å². The molecule has 0 radical (unpaired) electrons. The van der Waals surface area contributed by atoms with E-state index in [9.17, 15) is 10.5 Å². The number of benzene rings is 6. The molecule has 0 fully saturated rings. The van der Waals surface area contributed by atoms with E-state index < -0.39 is 0 Å². The lowest BCUT2D eigenvalue weighted by atomic mass is 10.1. The Labute approximate surface area is 245 Å². The van der Waals surface area contributed by atoms with Crippen molar-refractivity contribution >= 4 is 65.6 Å². The highest BCUT2D eigenvalue weighted by molar-refractivity contribution is 6.14. The summed E-state index contributed by atoms with van der Waals surface area (Å²) in [4.78, 5) is 0. The molecule has 0 N–H and O–H groups in total. The van der Waals surface area contributed by atoms with Crippen molar-refractivity contribution in [3.05, 3.63) is 132 Å². The van der Waals surface area contributed by atoms with E-state index in [0.29, 0.717) is 11.1 Å². The van der Waals surface area contributed by atoms with Crippen molar-refractivity contribution in [2.24, 2.45) is 0 Å². The Morgan fingerprint density at radius 3 is 1.65 bits per heavy atom. The highest BCUT2D eigenvalue weighted by atomic mass is 16.3. The van der Waals surface area contributed by atoms with Crippen LogP contribution in [0.2, 0.25) is 0 Å². The molecule has 0 spiro atoms. The van der Waals surface area contributed by atoms with E-state index in [1.54, 1.807) is 6.07 Å². The van der Waals surface area contributed by atoms with Gasteiger partial charge in [0.2, 0.25) is 0 Å². The van der Waals surface area contributed by atoms with E-state index in [0.717, 1.165) is 66.2 Å². The van der Waals surface area contributed by atoms with Gasteiger partial charge in [0, 0.05) is 38.0 Å². The van der Waals surface area contributed by atoms with Crippen LogP contribution >= 0.6 is 0 Å². The number of para-hydroxylation sites is 3. The van der Waals surface area contributed by atoms with Crippen LogP contribution in [0.3, 0.4) is 0 Å². The lowest BCUT2D eigenvalue weighted by molar-refractivity contribution is 0.666. The standard InChI is InChI=1S/C38H20N4O/c39-21-23-13-15-35-29(17-23)28-9-3-4-10-32(28)41(35)25-19-31-30-18-24(22-40)14-16-37(30)43-38(31)36(20-25)42-33-11-5-1-7-26(33)27-8-2-6-12-34(27)42/h1-20H. The van der Waals surface area contributed by atoms with Gasteiger partial charge < -0.3 is 13.6 Å². The molecule has 0 amide bonds. The first kappa shape index (κ1) is 23.4. The number of hydrogen-bond acceptors (Lipinski definition) is 3. The lowest BCUT2D eigenvalue weighted by Crippen LogP contribution is -1.99. The number of furan rings is 1. The zero-order chi connectivity index (χ0) is 28.7. The van der Waals surface area contributed by atoms with Crippen molar-refractivity contribution in [1.82, 2.24) is 9.13 Å². The molecule has 43 heavy (non-hydrogen) atoms. The highest BCUT2D eigenvalue weighted by Gasteiger charge is 2.21. The van der Waals surface area contributed by atoms with Crippen molar-refractivity contribution in [2.45, 2.75) is 0 Å². The third kappa shape index (κ3) is 3.19. The van der Waals surface area contributed by atoms with Crippen LogP contribution in [0.4, 0.5) is 0 Å². The number of aromatic nitrogens is 2. The van der Waals surface area contributed by atoms with Crippen LogP contribution < -0.4 is 0 Å². The Kier molecular flexibility index (Phi) is 4.68. The first-order chi connectivity index (χ1) is 21.2. The second kappa shape index (κ2) is 8.60. The van der Waals surface area contributed by atoms with Crippen molar-refractivity contribution in [1.29, 1.82) is 10.5 Å². The van der Waals surface area contributed by atoms with Gasteiger partial charge in [0.1, 0.15) is 5.58 Å². The summed E-state index contributed by atoms with van der Waals surface area (Å²) in [5.41, 5.74) is 8.80. The molecule has 0 bridgehead atoms. The third-order valence-electron chi connectivity index (χ3n) is 8.55. The van der Waals surface area contributed by atoms with Crippen molar-refractivity contribution in [3.63, 3.8) is 0 Å². The van der Waals surface area contributed by atoms with Gasteiger partial charge in [-0.3, -0.25) is 0 Å². The van der Waals surface area contributed by atoms with Crippen LogP contribution in [0, 0.1) is 22.7 Å². The summed E-state index contributed by atoms with van der Waals surface area (Å²) in [5, 5.41) is 25.6. The summed E-state index contributed by atoms with van der Waals surface area (Å²) in [5.74, 6) is 0. The number of rotatable bonds is 2. The van der Waals surface area contributed by atoms with E-state index in [1.165, 1.54) is 10.8 Å². The van der Waals surface area contributed by atoms with Gasteiger partial charge in [-0.2, -0.15) is 10.5 Å². The van der Waals surface area contributed by atoms with E-state index in [2.05, 4.69) is 94.1 Å². The fourth-order valence-corrected chi connectivity index (χ4v) is 6.71. The van der Waals surface area contributed by atoms with Crippen LogP contribution in [-0.4, -0.2) is 9.13 Å². The lowest BCUT2D eigenvalue weighted by Gasteiger charge is -2.14. The average Bonchev–Trinajstić information content (AvgIpc) is 3.71. The molecule has 198 valence electrons. The summed E-state index contributed by atoms with van der Waals surface area (Å²) in [6.07, 6.45) is 0. The minimum absolute atomic E-state index is 0.583. The smallest absolute Gasteiger partial charge is 0.159 e. The zero-order valence-corrected chi connectivity index (χ0v) is 22.7. The molecule has 0 saturated carbocycles. The summed E-state index contributed by atoms with van der Waals surface area (Å²) in [6, 6.07) is 45.6. The monoisotopic (exact) mass is 548 g/mol. The molecule has 0 unspecified atom stereocenters. The van der Waals surface area contributed by atoms with Crippen LogP contribution in [0.1, 0.15) is 11.1 Å². The van der Waals surface area contributed by atoms with E-state index in [4.69, 9.17) is 4.42 Å². The van der Waals surface area contributed by atoms with Gasteiger partial charge >= 0.3 is 0 Å². The second-order valence-corrected chi connectivity index (χ2v) is 10.8. The Morgan fingerprint density at radius 1 is 0.465 bits per heavy atom. The molecular weight excluding hydrogens is 528 g/mol. The number of nitriles is 2. The van der Waals surface area contributed by atoms with Crippen LogP contribution in [0.15, 0.2) is 126 Å². The predicted molar refractivity (Wildman–Crippen MR) is 172 cm³/mol. The van der Waals surface area contributed by atoms with Crippen LogP contribution in [-0.2, 0) is 0 Å². The van der Waals surface area contributed by atoms with Gasteiger partial charge in [-0.1, -0.05) is 54.6 Å². The number of hydrogen-bond donors (Lipinski definition) is 0. The van der Waals surface area contributed by atoms with Gasteiger partial charge in [0.25, 0.3) is 0 Å². The van der Waals surface area contributed by atoms with Gasteiger partial charge in [-0.25, -0.2) is 0 Å². The molecule has 0 aliphatic rings. The van der Waals surface area contributed by atoms with Crippen molar-refractivity contribution in [3.8, 4) is 23.5 Å². The molecule has 6 aromatic carbocycles. The largest absolute Gasteiger partial charge is 0.454 e. The first-order valence-electron chi connectivity index (χ1n) is 14.1. The highest BCUT2D eigenvalue weighted by Crippen LogP contribution is 2.41. The molecule has 3 aromatic heterocycles. The Hall–Kier alpha value is -6.30. The number of nitrogens with zero attached hydrogens (tertiary/aromatic N) is 4. The van der Waals surface area contributed by atoms with E-state index in [1.807, 2.05) is 42.5 Å². The SMILES string of the molecule is N#Cc1ccc2oc3c(-n4c5ccccc5c5ccccc54)cc(-n4c5ccccc5c5cc(C#N)ccc54)cc3c2c1. The topological polar surface area (TPSA) is 70.6 Å². The summed E-state index contributed by atoms with van der Waals surface area (Å²) in [6.45, 7) is 0. The minimum Gasteiger partial charge on any atom is -0.454 e. The Morgan fingerprint density at radius 2 is 1.00 bits per heavy atom. The molecule has 5 nitrogen and oxygen atoms in total. The molecule has 0 aliphatic carbocycles. The molecule has 3 heterocycles. The van der Waals surface area contributed by atoms with Crippen LogP contribution in [0.25, 0.3) is 76.9 Å². The second-order valence-electron chi connectivity index (χ2n) is 10.8. The average molecular weight is 549 g/mol. The summed E-state index contributed by atoms with van der Waals surface area (Å²) in [7, 11) is 0. The maximum absolute atomic E-state index is 9.72. The molecule has 9 aromatic rings. The minimum atomic E-state index is 0.583. The maximum atomic E-state index is 9.72. The van der Waals surface area contributed by atoms with Crippen molar-refractivity contribution < 1.29 is 4.42 Å². The number of fused-ring (bicyclic) bond motifs is 9. The Bertz CT molecular complexity index is 2650. The van der Waals surface area contributed by atoms with Crippen LogP contribution in [0.5, 0.6) is 0 Å². The van der Waals surface area contributed by atoms with Gasteiger partial charge in [-0.15, -0.1) is 0 Å².